The number of esters is 1. The SMILES string of the molecule is O=C1OC(Cn2cnc3ccccc32)CC12CCN(Cc1cccnc1)CC2. The number of imidazole rings is 1. The second kappa shape index (κ2) is 7.02. The van der Waals surface area contributed by atoms with Crippen molar-refractivity contribution in [2.24, 2.45) is 5.41 Å². The molecule has 1 atom stereocenters. The van der Waals surface area contributed by atoms with Crippen LogP contribution in [0.5, 0.6) is 0 Å². The molecular weight excluding hydrogens is 352 g/mol. The van der Waals surface area contributed by atoms with E-state index in [0.717, 1.165) is 49.9 Å². The lowest BCUT2D eigenvalue weighted by Gasteiger charge is -2.36. The van der Waals surface area contributed by atoms with Crippen molar-refractivity contribution in [3.05, 3.63) is 60.7 Å². The second-order valence-electron chi connectivity index (χ2n) is 8.03. The highest BCUT2D eigenvalue weighted by Gasteiger charge is 2.50. The average molecular weight is 376 g/mol. The maximum Gasteiger partial charge on any atom is 0.312 e. The maximum atomic E-state index is 12.7. The Hall–Kier alpha value is -2.73. The summed E-state index contributed by atoms with van der Waals surface area (Å²) in [6.45, 7) is 3.41. The predicted molar refractivity (Wildman–Crippen MR) is 105 cm³/mol. The van der Waals surface area contributed by atoms with Gasteiger partial charge in [-0.1, -0.05) is 18.2 Å². The third-order valence-electron chi connectivity index (χ3n) is 6.19. The van der Waals surface area contributed by atoms with Gasteiger partial charge in [-0.05, 0) is 49.7 Å². The number of pyridine rings is 1. The summed E-state index contributed by atoms with van der Waals surface area (Å²) in [6.07, 6.45) is 8.03. The summed E-state index contributed by atoms with van der Waals surface area (Å²) in [5, 5.41) is 0. The summed E-state index contributed by atoms with van der Waals surface area (Å²) in [7, 11) is 0. The molecule has 0 N–H and O–H groups in total. The molecule has 4 heterocycles. The number of rotatable bonds is 4. The van der Waals surface area contributed by atoms with Gasteiger partial charge in [-0.15, -0.1) is 0 Å². The summed E-state index contributed by atoms with van der Waals surface area (Å²) in [5.74, 6) is -0.0112. The fraction of sp³-hybridized carbons (Fsp3) is 0.409. The number of para-hydroxylation sites is 2. The van der Waals surface area contributed by atoms with Crippen molar-refractivity contribution >= 4 is 17.0 Å². The van der Waals surface area contributed by atoms with Crippen LogP contribution in [0.15, 0.2) is 55.1 Å². The average Bonchev–Trinajstić information content (AvgIpc) is 3.26. The summed E-state index contributed by atoms with van der Waals surface area (Å²) in [6, 6.07) is 12.1. The molecule has 0 bridgehead atoms. The zero-order chi connectivity index (χ0) is 19.0. The number of benzene rings is 1. The zero-order valence-electron chi connectivity index (χ0n) is 15.8. The minimum atomic E-state index is -0.313. The van der Waals surface area contributed by atoms with Gasteiger partial charge >= 0.3 is 5.97 Å². The number of ether oxygens (including phenoxy) is 1. The number of cyclic esters (lactones) is 1. The van der Waals surface area contributed by atoms with E-state index in [1.165, 1.54) is 5.56 Å². The second-order valence-corrected chi connectivity index (χ2v) is 8.03. The van der Waals surface area contributed by atoms with Crippen molar-refractivity contribution in [3.63, 3.8) is 0 Å². The quantitative estimate of drug-likeness (QED) is 0.655. The number of nitrogens with zero attached hydrogens (tertiary/aromatic N) is 4. The normalized spacial score (nSPS) is 22.0. The number of hydrogen-bond donors (Lipinski definition) is 0. The first-order chi connectivity index (χ1) is 13.7. The molecule has 2 aliphatic rings. The largest absolute Gasteiger partial charge is 0.460 e. The Labute approximate surface area is 164 Å². The van der Waals surface area contributed by atoms with E-state index >= 15 is 0 Å². The minimum absolute atomic E-state index is 0.0112. The van der Waals surface area contributed by atoms with Crippen LogP contribution < -0.4 is 0 Å². The topological polar surface area (TPSA) is 60.3 Å². The highest BCUT2D eigenvalue weighted by Crippen LogP contribution is 2.43. The van der Waals surface area contributed by atoms with E-state index in [1.807, 2.05) is 36.8 Å². The van der Waals surface area contributed by atoms with E-state index in [2.05, 4.69) is 31.6 Å². The number of piperidine rings is 1. The number of likely N-dealkylation sites (tertiary alicyclic amines) is 1. The minimum Gasteiger partial charge on any atom is -0.460 e. The molecule has 0 aliphatic carbocycles. The van der Waals surface area contributed by atoms with Crippen molar-refractivity contribution in [1.29, 1.82) is 0 Å². The Morgan fingerprint density at radius 2 is 2.00 bits per heavy atom. The Kier molecular flexibility index (Phi) is 4.36. The number of carbonyl (C=O) groups is 1. The molecule has 0 radical (unpaired) electrons. The fourth-order valence-corrected chi connectivity index (χ4v) is 4.61. The molecule has 28 heavy (non-hydrogen) atoms. The molecule has 1 spiro atoms. The number of hydrogen-bond acceptors (Lipinski definition) is 5. The van der Waals surface area contributed by atoms with Crippen LogP contribution in [0.4, 0.5) is 0 Å². The Balaban J connectivity index is 1.23. The summed E-state index contributed by atoms with van der Waals surface area (Å²) in [4.78, 5) is 23.8. The monoisotopic (exact) mass is 376 g/mol. The molecule has 1 unspecified atom stereocenters. The summed E-state index contributed by atoms with van der Waals surface area (Å²) in [5.41, 5.74) is 2.97. The van der Waals surface area contributed by atoms with Crippen LogP contribution in [0.3, 0.4) is 0 Å². The first kappa shape index (κ1) is 17.4. The molecule has 1 aromatic carbocycles. The van der Waals surface area contributed by atoms with E-state index in [-0.39, 0.29) is 17.5 Å². The Morgan fingerprint density at radius 3 is 2.82 bits per heavy atom. The lowest BCUT2D eigenvalue weighted by molar-refractivity contribution is -0.151. The first-order valence-electron chi connectivity index (χ1n) is 9.94. The van der Waals surface area contributed by atoms with E-state index in [4.69, 9.17) is 4.74 Å². The van der Waals surface area contributed by atoms with Gasteiger partial charge in [-0.25, -0.2) is 4.98 Å². The lowest BCUT2D eigenvalue weighted by atomic mass is 9.76. The number of fused-ring (bicyclic) bond motifs is 1. The van der Waals surface area contributed by atoms with Gasteiger partial charge in [0.05, 0.1) is 29.3 Å². The van der Waals surface area contributed by atoms with E-state index < -0.39 is 0 Å². The van der Waals surface area contributed by atoms with E-state index in [9.17, 15) is 4.79 Å². The lowest BCUT2D eigenvalue weighted by Crippen LogP contribution is -2.42. The van der Waals surface area contributed by atoms with Crippen molar-refractivity contribution in [3.8, 4) is 0 Å². The number of aromatic nitrogens is 3. The molecule has 6 nitrogen and oxygen atoms in total. The molecule has 5 rings (SSSR count). The Morgan fingerprint density at radius 1 is 1.14 bits per heavy atom. The molecule has 2 saturated heterocycles. The maximum absolute atomic E-state index is 12.7. The van der Waals surface area contributed by atoms with Crippen LogP contribution >= 0.6 is 0 Å². The summed E-state index contributed by atoms with van der Waals surface area (Å²) >= 11 is 0. The number of carbonyl (C=O) groups excluding carboxylic acids is 1. The van der Waals surface area contributed by atoms with Crippen molar-refractivity contribution < 1.29 is 9.53 Å². The molecule has 3 aromatic rings. The van der Waals surface area contributed by atoms with Crippen LogP contribution in [0, 0.1) is 5.41 Å². The highest BCUT2D eigenvalue weighted by atomic mass is 16.6. The van der Waals surface area contributed by atoms with Crippen LogP contribution in [0.1, 0.15) is 24.8 Å². The molecule has 2 aromatic heterocycles. The third-order valence-corrected chi connectivity index (χ3v) is 6.19. The molecule has 144 valence electrons. The van der Waals surface area contributed by atoms with Gasteiger partial charge in [0.1, 0.15) is 6.10 Å². The van der Waals surface area contributed by atoms with Gasteiger partial charge in [0.2, 0.25) is 0 Å². The van der Waals surface area contributed by atoms with Crippen molar-refractivity contribution in [2.45, 2.75) is 38.5 Å². The third kappa shape index (κ3) is 3.18. The highest BCUT2D eigenvalue weighted by molar-refractivity contribution is 5.79. The van der Waals surface area contributed by atoms with Crippen LogP contribution in [0.2, 0.25) is 0 Å². The van der Waals surface area contributed by atoms with E-state index in [1.54, 1.807) is 6.20 Å². The van der Waals surface area contributed by atoms with Crippen LogP contribution in [0.25, 0.3) is 11.0 Å². The van der Waals surface area contributed by atoms with Gasteiger partial charge in [-0.3, -0.25) is 14.7 Å². The van der Waals surface area contributed by atoms with Gasteiger partial charge in [0.15, 0.2) is 0 Å². The molecule has 2 aliphatic heterocycles. The fourth-order valence-electron chi connectivity index (χ4n) is 4.61. The summed E-state index contributed by atoms with van der Waals surface area (Å²) < 4.78 is 7.92. The van der Waals surface area contributed by atoms with Gasteiger partial charge in [0, 0.05) is 25.4 Å². The van der Waals surface area contributed by atoms with Crippen LogP contribution in [-0.4, -0.2) is 44.6 Å². The first-order valence-corrected chi connectivity index (χ1v) is 9.94. The standard InChI is InChI=1S/C22H24N4O2/c27-21-22(7-10-25(11-8-22)14-17-4-3-9-23-13-17)12-18(28-21)15-26-16-24-19-5-1-2-6-20(19)26/h1-6,9,13,16,18H,7-8,10-12,14-15H2. The zero-order valence-corrected chi connectivity index (χ0v) is 15.8. The van der Waals surface area contributed by atoms with Gasteiger partial charge in [0.25, 0.3) is 0 Å². The molecule has 6 heteroatoms. The molecule has 0 saturated carbocycles. The predicted octanol–water partition coefficient (Wildman–Crippen LogP) is 3.03. The molecule has 0 amide bonds. The van der Waals surface area contributed by atoms with Gasteiger partial charge < -0.3 is 9.30 Å². The smallest absolute Gasteiger partial charge is 0.312 e. The van der Waals surface area contributed by atoms with Gasteiger partial charge in [-0.2, -0.15) is 0 Å². The van der Waals surface area contributed by atoms with E-state index in [0.29, 0.717) is 6.54 Å². The van der Waals surface area contributed by atoms with Crippen molar-refractivity contribution in [1.82, 2.24) is 19.4 Å². The molecular formula is C22H24N4O2. The Bertz CT molecular complexity index is 976. The van der Waals surface area contributed by atoms with Crippen molar-refractivity contribution in [2.75, 3.05) is 13.1 Å². The molecule has 2 fully saturated rings. The van der Waals surface area contributed by atoms with Crippen LogP contribution in [-0.2, 0) is 22.6 Å².